The molecular formula is C24H20Cl2HgNP. The van der Waals surface area contributed by atoms with E-state index in [0.717, 1.165) is 5.69 Å². The molecule has 0 spiro atoms. The molecule has 0 radical (unpaired) electrons. The summed E-state index contributed by atoms with van der Waals surface area (Å²) in [5.74, 6) is 0. The summed E-state index contributed by atoms with van der Waals surface area (Å²) in [7, 11) is 7.82. The predicted octanol–water partition coefficient (Wildman–Crippen LogP) is 6.87. The number of hydrogen-bond donors (Lipinski definition) is 0. The largest absolute Gasteiger partial charge is 0.254 e. The molecule has 4 aromatic rings. The Morgan fingerprint density at radius 1 is 0.483 bits per heavy atom. The molecule has 0 aliphatic carbocycles. The Kier molecular flexibility index (Phi) is 9.02. The van der Waals surface area contributed by atoms with Crippen LogP contribution in [0.5, 0.6) is 0 Å². The first-order valence-corrected chi connectivity index (χ1v) is 24.6. The molecule has 29 heavy (non-hydrogen) atoms. The number of benzene rings is 4. The zero-order valence-electron chi connectivity index (χ0n) is 15.9. The monoisotopic (exact) mass is 625 g/mol. The molecule has 0 bridgehead atoms. The van der Waals surface area contributed by atoms with E-state index in [1.807, 2.05) is 6.07 Å². The first-order valence-electron chi connectivity index (χ1n) is 9.27. The number of hydrogen-bond acceptors (Lipinski definition) is 1. The quantitative estimate of drug-likeness (QED) is 0.174. The molecule has 0 heterocycles. The SMILES string of the molecule is [Cl][Hg][Cl].c1ccc(N=P(c2ccccc2)(c2ccccc2)c2ccccc2)cc1. The molecule has 0 aromatic heterocycles. The van der Waals surface area contributed by atoms with Crippen LogP contribution in [-0.4, -0.2) is 0 Å². The minimum atomic E-state index is -2.15. The van der Waals surface area contributed by atoms with Crippen molar-refractivity contribution in [3.63, 3.8) is 0 Å². The fourth-order valence-corrected chi connectivity index (χ4v) is 6.75. The van der Waals surface area contributed by atoms with Crippen LogP contribution >= 0.6 is 23.6 Å². The van der Waals surface area contributed by atoms with Gasteiger partial charge in [-0.05, 0) is 12.1 Å². The Morgan fingerprint density at radius 2 is 0.759 bits per heavy atom. The summed E-state index contributed by atoms with van der Waals surface area (Å²) in [5, 5.41) is 3.80. The van der Waals surface area contributed by atoms with E-state index in [1.54, 1.807) is 0 Å². The van der Waals surface area contributed by atoms with Crippen LogP contribution in [0.4, 0.5) is 5.69 Å². The van der Waals surface area contributed by atoms with Crippen LogP contribution in [0.2, 0.25) is 0 Å². The molecule has 0 aliphatic rings. The number of rotatable bonds is 4. The smallest absolute Gasteiger partial charge is 0.0625 e. The summed E-state index contributed by atoms with van der Waals surface area (Å²) >= 11 is -1.14. The fraction of sp³-hybridized carbons (Fsp3) is 0. The van der Waals surface area contributed by atoms with Gasteiger partial charge in [-0.1, -0.05) is 109 Å². The van der Waals surface area contributed by atoms with Gasteiger partial charge in [0.2, 0.25) is 0 Å². The van der Waals surface area contributed by atoms with Crippen molar-refractivity contribution in [2.24, 2.45) is 4.74 Å². The first kappa shape index (κ1) is 22.3. The van der Waals surface area contributed by atoms with Crippen molar-refractivity contribution in [2.45, 2.75) is 0 Å². The summed E-state index contributed by atoms with van der Waals surface area (Å²) in [6.45, 7) is 0. The molecule has 5 heteroatoms. The van der Waals surface area contributed by atoms with E-state index in [0.29, 0.717) is 0 Å². The fourth-order valence-electron chi connectivity index (χ4n) is 3.22. The summed E-state index contributed by atoms with van der Waals surface area (Å²) < 4.78 is 5.41. The number of halogens is 2. The van der Waals surface area contributed by atoms with Crippen molar-refractivity contribution < 1.29 is 22.1 Å². The molecule has 1 nitrogen and oxygen atoms in total. The van der Waals surface area contributed by atoms with E-state index in [9.17, 15) is 0 Å². The van der Waals surface area contributed by atoms with Gasteiger partial charge in [0, 0.05) is 15.9 Å². The second-order valence-electron chi connectivity index (χ2n) is 6.18. The average Bonchev–Trinajstić information content (AvgIpc) is 2.80. The normalized spacial score (nSPS) is 10.3. The van der Waals surface area contributed by atoms with E-state index in [4.69, 9.17) is 21.2 Å². The van der Waals surface area contributed by atoms with Crippen molar-refractivity contribution in [1.29, 1.82) is 0 Å². The minimum absolute atomic E-state index is 1.01. The maximum Gasteiger partial charge on any atom is 0.0625 e. The Hall–Kier alpha value is -1.37. The van der Waals surface area contributed by atoms with Crippen molar-refractivity contribution in [1.82, 2.24) is 0 Å². The topological polar surface area (TPSA) is 12.4 Å². The van der Waals surface area contributed by atoms with E-state index < -0.39 is 29.2 Å². The van der Waals surface area contributed by atoms with Gasteiger partial charge >= 0.3 is 38.6 Å². The number of nitrogens with zero attached hydrogens (tertiary/aromatic N) is 1. The van der Waals surface area contributed by atoms with Crippen molar-refractivity contribution >= 4 is 45.2 Å². The van der Waals surface area contributed by atoms with Gasteiger partial charge in [-0.25, -0.2) is 0 Å². The van der Waals surface area contributed by atoms with Crippen molar-refractivity contribution in [3.8, 4) is 0 Å². The molecule has 0 saturated heterocycles. The van der Waals surface area contributed by atoms with Crippen LogP contribution in [0, 0.1) is 0 Å². The molecule has 0 fully saturated rings. The van der Waals surface area contributed by atoms with Crippen LogP contribution in [0.1, 0.15) is 0 Å². The summed E-state index contributed by atoms with van der Waals surface area (Å²) in [6.07, 6.45) is 0. The van der Waals surface area contributed by atoms with Crippen LogP contribution < -0.4 is 15.9 Å². The Labute approximate surface area is 192 Å². The third kappa shape index (κ3) is 5.61. The predicted molar refractivity (Wildman–Crippen MR) is 125 cm³/mol. The standard InChI is InChI=1S/C24H20NP.2ClH.Hg/c1-5-13-21(14-6-1)25-26(22-15-7-2-8-16-22,23-17-9-3-10-18-23)24-19-11-4-12-20-24;;;/h1-20H;2*1H;/q;;;+2/p-2. The summed E-state index contributed by atoms with van der Waals surface area (Å²) in [5.41, 5.74) is 1.01. The van der Waals surface area contributed by atoms with Gasteiger partial charge in [-0.3, -0.25) is 4.74 Å². The third-order valence-electron chi connectivity index (χ3n) is 4.41. The van der Waals surface area contributed by atoms with Gasteiger partial charge in [-0.2, -0.15) is 0 Å². The van der Waals surface area contributed by atoms with Gasteiger partial charge in [-0.15, -0.1) is 0 Å². The summed E-state index contributed by atoms with van der Waals surface area (Å²) in [6, 6.07) is 42.4. The van der Waals surface area contributed by atoms with Crippen LogP contribution in [-0.2, 0) is 22.1 Å². The van der Waals surface area contributed by atoms with Gasteiger partial charge in [0.1, 0.15) is 0 Å². The zero-order chi connectivity index (χ0) is 20.4. The van der Waals surface area contributed by atoms with E-state index in [1.165, 1.54) is 15.9 Å². The molecule has 0 unspecified atom stereocenters. The minimum Gasteiger partial charge on any atom is -0.254 e. The van der Waals surface area contributed by atoms with E-state index >= 15 is 0 Å². The molecule has 0 atom stereocenters. The van der Waals surface area contributed by atoms with Gasteiger partial charge in [0.05, 0.1) is 12.7 Å². The molecule has 0 aliphatic heterocycles. The van der Waals surface area contributed by atoms with E-state index in [-0.39, 0.29) is 0 Å². The van der Waals surface area contributed by atoms with Gasteiger partial charge in [0.25, 0.3) is 0 Å². The van der Waals surface area contributed by atoms with Crippen molar-refractivity contribution in [2.75, 3.05) is 0 Å². The molecule has 0 saturated carbocycles. The summed E-state index contributed by atoms with van der Waals surface area (Å²) in [4.78, 5) is 0. The second-order valence-corrected chi connectivity index (χ2v) is 17.1. The van der Waals surface area contributed by atoms with Gasteiger partial charge < -0.3 is 0 Å². The third-order valence-corrected chi connectivity index (χ3v) is 8.08. The molecular weight excluding hydrogens is 605 g/mol. The molecule has 4 rings (SSSR count). The maximum atomic E-state index is 5.41. The average molecular weight is 625 g/mol. The Morgan fingerprint density at radius 3 is 1.07 bits per heavy atom. The van der Waals surface area contributed by atoms with E-state index in [2.05, 4.69) is 115 Å². The Balaban J connectivity index is 0.000000755. The molecule has 142 valence electrons. The first-order chi connectivity index (χ1) is 14.3. The van der Waals surface area contributed by atoms with Gasteiger partial charge in [0.15, 0.2) is 0 Å². The molecule has 4 aromatic carbocycles. The molecule has 0 amide bonds. The van der Waals surface area contributed by atoms with Crippen molar-refractivity contribution in [3.05, 3.63) is 121 Å². The van der Waals surface area contributed by atoms with Crippen LogP contribution in [0.15, 0.2) is 126 Å². The second kappa shape index (κ2) is 11.7. The maximum absolute atomic E-state index is 5.41. The molecule has 0 N–H and O–H groups in total. The van der Waals surface area contributed by atoms with Crippen LogP contribution in [0.3, 0.4) is 0 Å². The zero-order valence-corrected chi connectivity index (χ0v) is 23.8. The van der Waals surface area contributed by atoms with Crippen LogP contribution in [0.25, 0.3) is 0 Å². The Bertz CT molecular complexity index is 940.